The average Bonchev–Trinajstić information content (AvgIpc) is 2.82. The first kappa shape index (κ1) is 10.2. The van der Waals surface area contributed by atoms with Crippen LogP contribution in [-0.2, 0) is 0 Å². The van der Waals surface area contributed by atoms with E-state index in [4.69, 9.17) is 0 Å². The lowest BCUT2D eigenvalue weighted by molar-refractivity contribution is 1.35. The van der Waals surface area contributed by atoms with E-state index < -0.39 is 0 Å². The summed E-state index contributed by atoms with van der Waals surface area (Å²) in [7, 11) is 1.87. The van der Waals surface area contributed by atoms with Crippen LogP contribution < -0.4 is 5.32 Å². The van der Waals surface area contributed by atoms with Gasteiger partial charge < -0.3 is 5.32 Å². The molecule has 0 aliphatic carbocycles. The molecule has 17 heavy (non-hydrogen) atoms. The van der Waals surface area contributed by atoms with Crippen LogP contribution in [-0.4, -0.2) is 17.0 Å². The third-order valence-electron chi connectivity index (χ3n) is 2.53. The van der Waals surface area contributed by atoms with Gasteiger partial charge in [0, 0.05) is 12.6 Å². The first-order chi connectivity index (χ1) is 8.36. The Balaban J connectivity index is 2.14. The van der Waals surface area contributed by atoms with Crippen molar-refractivity contribution >= 4 is 27.5 Å². The smallest absolute Gasteiger partial charge is 0.146 e. The van der Waals surface area contributed by atoms with Crippen molar-refractivity contribution < 1.29 is 0 Å². The Morgan fingerprint density at radius 2 is 1.82 bits per heavy atom. The largest absolute Gasteiger partial charge is 0.373 e. The maximum Gasteiger partial charge on any atom is 0.146 e. The molecule has 0 aliphatic heterocycles. The normalized spacial score (nSPS) is 10.6. The summed E-state index contributed by atoms with van der Waals surface area (Å²) >= 11 is 1.62. The minimum Gasteiger partial charge on any atom is -0.373 e. The molecule has 0 spiro atoms. The van der Waals surface area contributed by atoms with Crippen molar-refractivity contribution in [3.05, 3.63) is 42.5 Å². The predicted octanol–water partition coefficient (Wildman–Crippen LogP) is 3.40. The first-order valence-electron chi connectivity index (χ1n) is 5.37. The highest BCUT2D eigenvalue weighted by Crippen LogP contribution is 2.29. The minimum absolute atomic E-state index is 0.876. The van der Waals surface area contributed by atoms with Gasteiger partial charge in [0.15, 0.2) is 0 Å². The Hall–Kier alpha value is -1.94. The highest BCUT2D eigenvalue weighted by Gasteiger charge is 2.07. The molecule has 1 aromatic carbocycles. The molecule has 0 aliphatic rings. The summed E-state index contributed by atoms with van der Waals surface area (Å²) in [5.41, 5.74) is 2.09. The van der Waals surface area contributed by atoms with Crippen molar-refractivity contribution in [3.8, 4) is 10.6 Å². The molecule has 84 valence electrons. The van der Waals surface area contributed by atoms with E-state index in [0.29, 0.717) is 0 Å². The van der Waals surface area contributed by atoms with Crippen molar-refractivity contribution in [3.63, 3.8) is 0 Å². The zero-order chi connectivity index (χ0) is 11.7. The molecule has 0 unspecified atom stereocenters. The van der Waals surface area contributed by atoms with Gasteiger partial charge in [-0.2, -0.15) is 0 Å². The standard InChI is InChI=1S/C13H11N3S/c1-14-11-8-7-10-13(16-11)17-12(15-10)9-5-3-2-4-6-9/h2-8H,1H3,(H,14,16). The van der Waals surface area contributed by atoms with Gasteiger partial charge in [0.25, 0.3) is 0 Å². The van der Waals surface area contributed by atoms with Crippen molar-refractivity contribution in [2.45, 2.75) is 0 Å². The maximum absolute atomic E-state index is 4.59. The van der Waals surface area contributed by atoms with E-state index in [1.165, 1.54) is 0 Å². The summed E-state index contributed by atoms with van der Waals surface area (Å²) < 4.78 is 0. The second-order valence-electron chi connectivity index (χ2n) is 3.66. The molecule has 2 heterocycles. The van der Waals surface area contributed by atoms with E-state index >= 15 is 0 Å². The number of rotatable bonds is 2. The van der Waals surface area contributed by atoms with Crippen molar-refractivity contribution in [2.24, 2.45) is 0 Å². The van der Waals surface area contributed by atoms with Crippen LogP contribution in [0.1, 0.15) is 0 Å². The van der Waals surface area contributed by atoms with E-state index in [-0.39, 0.29) is 0 Å². The fourth-order valence-corrected chi connectivity index (χ4v) is 2.60. The number of hydrogen-bond donors (Lipinski definition) is 1. The number of aromatic nitrogens is 2. The number of hydrogen-bond acceptors (Lipinski definition) is 4. The highest BCUT2D eigenvalue weighted by atomic mass is 32.1. The summed E-state index contributed by atoms with van der Waals surface area (Å²) in [6.45, 7) is 0. The molecule has 2 aromatic heterocycles. The number of nitrogens with zero attached hydrogens (tertiary/aromatic N) is 2. The van der Waals surface area contributed by atoms with E-state index in [9.17, 15) is 0 Å². The van der Waals surface area contributed by atoms with Gasteiger partial charge in [0.1, 0.15) is 21.2 Å². The molecule has 0 amide bonds. The fourth-order valence-electron chi connectivity index (χ4n) is 1.66. The number of benzene rings is 1. The van der Waals surface area contributed by atoms with Crippen molar-refractivity contribution in [2.75, 3.05) is 12.4 Å². The van der Waals surface area contributed by atoms with Crippen LogP contribution in [0.4, 0.5) is 5.82 Å². The van der Waals surface area contributed by atoms with Gasteiger partial charge in [-0.15, -0.1) is 0 Å². The highest BCUT2D eigenvalue weighted by molar-refractivity contribution is 7.21. The Morgan fingerprint density at radius 3 is 2.59 bits per heavy atom. The Labute approximate surface area is 103 Å². The summed E-state index contributed by atoms with van der Waals surface area (Å²) in [6.07, 6.45) is 0. The fraction of sp³-hybridized carbons (Fsp3) is 0.0769. The van der Waals surface area contributed by atoms with Crippen LogP contribution >= 0.6 is 11.3 Å². The molecular formula is C13H11N3S. The van der Waals surface area contributed by atoms with E-state index in [1.807, 2.05) is 37.4 Å². The number of nitrogens with one attached hydrogen (secondary N) is 1. The topological polar surface area (TPSA) is 37.8 Å². The maximum atomic E-state index is 4.59. The van der Waals surface area contributed by atoms with Gasteiger partial charge in [-0.1, -0.05) is 41.7 Å². The van der Waals surface area contributed by atoms with Gasteiger partial charge >= 0.3 is 0 Å². The molecule has 0 radical (unpaired) electrons. The average molecular weight is 241 g/mol. The lowest BCUT2D eigenvalue weighted by Gasteiger charge is -1.95. The molecule has 0 atom stereocenters. The minimum atomic E-state index is 0.876. The van der Waals surface area contributed by atoms with Crippen LogP contribution in [0.5, 0.6) is 0 Å². The molecular weight excluding hydrogens is 230 g/mol. The zero-order valence-electron chi connectivity index (χ0n) is 9.34. The SMILES string of the molecule is CNc1ccc2nc(-c3ccccc3)sc2n1. The van der Waals surface area contributed by atoms with Gasteiger partial charge in [-0.05, 0) is 12.1 Å². The molecule has 3 nitrogen and oxygen atoms in total. The third kappa shape index (κ3) is 1.87. The zero-order valence-corrected chi connectivity index (χ0v) is 10.2. The summed E-state index contributed by atoms with van der Waals surface area (Å²) in [4.78, 5) is 10.0. The van der Waals surface area contributed by atoms with E-state index in [0.717, 1.165) is 26.7 Å². The molecule has 0 bridgehead atoms. The van der Waals surface area contributed by atoms with Crippen LogP contribution in [0, 0.1) is 0 Å². The molecule has 0 fully saturated rings. The number of anilines is 1. The summed E-state index contributed by atoms with van der Waals surface area (Å²) in [6, 6.07) is 14.1. The molecule has 1 N–H and O–H groups in total. The van der Waals surface area contributed by atoms with E-state index in [2.05, 4.69) is 27.4 Å². The van der Waals surface area contributed by atoms with Gasteiger partial charge in [0.2, 0.25) is 0 Å². The van der Waals surface area contributed by atoms with Crippen LogP contribution in [0.3, 0.4) is 0 Å². The second kappa shape index (κ2) is 4.14. The van der Waals surface area contributed by atoms with Crippen molar-refractivity contribution in [1.29, 1.82) is 0 Å². The molecule has 0 saturated heterocycles. The van der Waals surface area contributed by atoms with Gasteiger partial charge in [0.05, 0.1) is 0 Å². The lowest BCUT2D eigenvalue weighted by atomic mass is 10.2. The summed E-state index contributed by atoms with van der Waals surface area (Å²) in [5.74, 6) is 0.876. The van der Waals surface area contributed by atoms with E-state index in [1.54, 1.807) is 11.3 Å². The van der Waals surface area contributed by atoms with Crippen LogP contribution in [0.2, 0.25) is 0 Å². The molecule has 4 heteroatoms. The number of pyridine rings is 1. The molecule has 3 rings (SSSR count). The number of thiazole rings is 1. The van der Waals surface area contributed by atoms with Crippen LogP contribution in [0.25, 0.3) is 20.9 Å². The third-order valence-corrected chi connectivity index (χ3v) is 3.55. The Bertz CT molecular complexity index is 646. The van der Waals surface area contributed by atoms with Crippen molar-refractivity contribution in [1.82, 2.24) is 9.97 Å². The second-order valence-corrected chi connectivity index (χ2v) is 4.63. The lowest BCUT2D eigenvalue weighted by Crippen LogP contribution is -1.90. The summed E-state index contributed by atoms with van der Waals surface area (Å²) in [5, 5.41) is 4.05. The first-order valence-corrected chi connectivity index (χ1v) is 6.19. The number of fused-ring (bicyclic) bond motifs is 1. The Morgan fingerprint density at radius 1 is 1.00 bits per heavy atom. The molecule has 3 aromatic rings. The van der Waals surface area contributed by atoms with Gasteiger partial charge in [-0.25, -0.2) is 9.97 Å². The monoisotopic (exact) mass is 241 g/mol. The predicted molar refractivity (Wildman–Crippen MR) is 72.4 cm³/mol. The quantitative estimate of drug-likeness (QED) is 0.747. The van der Waals surface area contributed by atoms with Gasteiger partial charge in [-0.3, -0.25) is 0 Å². The Kier molecular flexibility index (Phi) is 2.49. The van der Waals surface area contributed by atoms with Crippen LogP contribution in [0.15, 0.2) is 42.5 Å². The molecule has 0 saturated carbocycles.